The van der Waals surface area contributed by atoms with Crippen molar-refractivity contribution < 1.29 is 0 Å². The van der Waals surface area contributed by atoms with Gasteiger partial charge in [0, 0.05) is 0 Å². The van der Waals surface area contributed by atoms with Crippen molar-refractivity contribution in [3.05, 3.63) is 6.92 Å². The molecule has 0 heterocycles. The highest BCUT2D eigenvalue weighted by molar-refractivity contribution is 4.76. The molecule has 12 heavy (non-hydrogen) atoms. The van der Waals surface area contributed by atoms with Crippen molar-refractivity contribution in [2.75, 3.05) is 0 Å². The number of hydrogen-bond donors (Lipinski definition) is 0. The van der Waals surface area contributed by atoms with Crippen LogP contribution >= 0.6 is 0 Å². The maximum absolute atomic E-state index is 3.93. The van der Waals surface area contributed by atoms with Crippen LogP contribution in [0, 0.1) is 24.2 Å². The Bertz CT molecular complexity index is 111. The van der Waals surface area contributed by atoms with E-state index in [1.807, 2.05) is 0 Å². The molecule has 0 spiro atoms. The van der Waals surface area contributed by atoms with E-state index in [1.165, 1.54) is 12.8 Å². The molecule has 0 rings (SSSR count). The quantitative estimate of drug-likeness (QED) is 0.575. The first-order chi connectivity index (χ1) is 5.40. The zero-order valence-electron chi connectivity index (χ0n) is 9.48. The van der Waals surface area contributed by atoms with Gasteiger partial charge in [-0.1, -0.05) is 48.0 Å². The van der Waals surface area contributed by atoms with Crippen LogP contribution in [0.5, 0.6) is 0 Å². The lowest BCUT2D eigenvalue weighted by Crippen LogP contribution is -2.22. The van der Waals surface area contributed by atoms with Crippen molar-refractivity contribution in [1.29, 1.82) is 0 Å². The van der Waals surface area contributed by atoms with Crippen molar-refractivity contribution in [3.8, 4) is 0 Å². The predicted molar refractivity (Wildman–Crippen MR) is 57.0 cm³/mol. The molecule has 0 saturated carbocycles. The van der Waals surface area contributed by atoms with Gasteiger partial charge in [0.15, 0.2) is 0 Å². The summed E-state index contributed by atoms with van der Waals surface area (Å²) >= 11 is 0. The molecule has 0 N–H and O–H groups in total. The Morgan fingerprint density at radius 1 is 1.17 bits per heavy atom. The average Bonchev–Trinajstić information content (AvgIpc) is 1.85. The first kappa shape index (κ1) is 12.0. The van der Waals surface area contributed by atoms with Gasteiger partial charge in [-0.15, -0.1) is 0 Å². The molecular formula is C12H25. The Balaban J connectivity index is 3.96. The summed E-state index contributed by atoms with van der Waals surface area (Å²) in [6, 6.07) is 0. The van der Waals surface area contributed by atoms with E-state index in [-0.39, 0.29) is 0 Å². The summed E-state index contributed by atoms with van der Waals surface area (Å²) in [5.41, 5.74) is 0.478. The van der Waals surface area contributed by atoms with Gasteiger partial charge < -0.3 is 0 Å². The van der Waals surface area contributed by atoms with Gasteiger partial charge in [0.25, 0.3) is 0 Å². The first-order valence-electron chi connectivity index (χ1n) is 5.19. The average molecular weight is 169 g/mol. The van der Waals surface area contributed by atoms with E-state index in [1.54, 1.807) is 0 Å². The van der Waals surface area contributed by atoms with Gasteiger partial charge in [0.05, 0.1) is 0 Å². The minimum absolute atomic E-state index is 0.478. The first-order valence-corrected chi connectivity index (χ1v) is 5.19. The molecule has 0 aromatic carbocycles. The van der Waals surface area contributed by atoms with Crippen molar-refractivity contribution in [1.82, 2.24) is 0 Å². The summed E-state index contributed by atoms with van der Waals surface area (Å²) < 4.78 is 0. The van der Waals surface area contributed by atoms with Crippen LogP contribution in [0.1, 0.15) is 53.9 Å². The summed E-state index contributed by atoms with van der Waals surface area (Å²) in [4.78, 5) is 0. The van der Waals surface area contributed by atoms with E-state index in [2.05, 4.69) is 41.5 Å². The monoisotopic (exact) mass is 169 g/mol. The van der Waals surface area contributed by atoms with Gasteiger partial charge in [0.2, 0.25) is 0 Å². The van der Waals surface area contributed by atoms with E-state index >= 15 is 0 Å². The second-order valence-electron chi connectivity index (χ2n) is 5.12. The summed E-state index contributed by atoms with van der Waals surface area (Å²) in [7, 11) is 0. The van der Waals surface area contributed by atoms with Gasteiger partial charge in [0.1, 0.15) is 0 Å². The zero-order valence-corrected chi connectivity index (χ0v) is 9.48. The van der Waals surface area contributed by atoms with Gasteiger partial charge in [-0.2, -0.15) is 0 Å². The molecule has 0 aliphatic carbocycles. The van der Waals surface area contributed by atoms with Crippen LogP contribution in [0.4, 0.5) is 0 Å². The zero-order chi connectivity index (χ0) is 9.78. The summed E-state index contributed by atoms with van der Waals surface area (Å²) in [5, 5.41) is 0. The fourth-order valence-electron chi connectivity index (χ4n) is 1.73. The number of hydrogen-bond acceptors (Lipinski definition) is 0. The van der Waals surface area contributed by atoms with Crippen LogP contribution < -0.4 is 0 Å². The molecule has 0 aliphatic heterocycles. The fourth-order valence-corrected chi connectivity index (χ4v) is 1.73. The van der Waals surface area contributed by atoms with E-state index in [4.69, 9.17) is 0 Å². The molecule has 0 nitrogen and oxygen atoms in total. The molecule has 0 aromatic heterocycles. The molecule has 1 atom stereocenters. The predicted octanol–water partition coefficient (Wildman–Crippen LogP) is 4.31. The second-order valence-corrected chi connectivity index (χ2v) is 5.12. The smallest absolute Gasteiger partial charge is 0.0328 e. The maximum atomic E-state index is 3.93. The second kappa shape index (κ2) is 4.89. The highest BCUT2D eigenvalue weighted by atomic mass is 14.3. The molecule has 0 heteroatoms. The standard InChI is InChI=1S/C12H25/c1-7-8-12(5,6)11(4)9-10(2)3/h10-11H,1,7-9H2,2-6H3. The normalized spacial score (nSPS) is 15.2. The van der Waals surface area contributed by atoms with Gasteiger partial charge >= 0.3 is 0 Å². The Kier molecular flexibility index (Phi) is 4.89. The van der Waals surface area contributed by atoms with Gasteiger partial charge in [-0.05, 0) is 30.1 Å². The lowest BCUT2D eigenvalue weighted by atomic mass is 9.73. The van der Waals surface area contributed by atoms with Crippen LogP contribution in [0.2, 0.25) is 0 Å². The summed E-state index contributed by atoms with van der Waals surface area (Å²) in [6.45, 7) is 15.6. The molecule has 0 bridgehead atoms. The summed E-state index contributed by atoms with van der Waals surface area (Å²) in [5.74, 6) is 1.64. The van der Waals surface area contributed by atoms with Crippen LogP contribution in [0.15, 0.2) is 0 Å². The largest absolute Gasteiger partial charge is 0.0628 e. The van der Waals surface area contributed by atoms with Crippen LogP contribution in [-0.4, -0.2) is 0 Å². The SMILES string of the molecule is [CH2]CCC(C)(C)C(C)CC(C)C. The summed E-state index contributed by atoms with van der Waals surface area (Å²) in [6.07, 6.45) is 3.66. The van der Waals surface area contributed by atoms with Crippen LogP contribution in [-0.2, 0) is 0 Å². The van der Waals surface area contributed by atoms with Crippen molar-refractivity contribution in [3.63, 3.8) is 0 Å². The molecule has 0 amide bonds. The number of rotatable bonds is 5. The van der Waals surface area contributed by atoms with E-state index < -0.39 is 0 Å². The van der Waals surface area contributed by atoms with Gasteiger partial charge in [-0.3, -0.25) is 0 Å². The Morgan fingerprint density at radius 3 is 2.00 bits per heavy atom. The van der Waals surface area contributed by atoms with Crippen LogP contribution in [0.25, 0.3) is 0 Å². The molecule has 0 fully saturated rings. The van der Waals surface area contributed by atoms with Crippen molar-refractivity contribution in [2.24, 2.45) is 17.3 Å². The molecule has 0 aromatic rings. The van der Waals surface area contributed by atoms with Crippen LogP contribution in [0.3, 0.4) is 0 Å². The Hall–Kier alpha value is 0. The molecule has 0 aliphatic rings. The van der Waals surface area contributed by atoms with E-state index in [0.29, 0.717) is 5.41 Å². The van der Waals surface area contributed by atoms with E-state index in [9.17, 15) is 0 Å². The topological polar surface area (TPSA) is 0 Å². The van der Waals surface area contributed by atoms with Crippen molar-refractivity contribution >= 4 is 0 Å². The fraction of sp³-hybridized carbons (Fsp3) is 0.917. The maximum Gasteiger partial charge on any atom is -0.0328 e. The highest BCUT2D eigenvalue weighted by Gasteiger charge is 2.24. The molecule has 1 unspecified atom stereocenters. The molecule has 73 valence electrons. The Labute approximate surface area is 78.8 Å². The minimum Gasteiger partial charge on any atom is -0.0628 e. The van der Waals surface area contributed by atoms with E-state index in [0.717, 1.165) is 18.3 Å². The minimum atomic E-state index is 0.478. The van der Waals surface area contributed by atoms with Crippen molar-refractivity contribution in [2.45, 2.75) is 53.9 Å². The lowest BCUT2D eigenvalue weighted by molar-refractivity contribution is 0.184. The third-order valence-electron chi connectivity index (χ3n) is 2.98. The lowest BCUT2D eigenvalue weighted by Gasteiger charge is -2.32. The third kappa shape index (κ3) is 4.13. The molecular weight excluding hydrogens is 144 g/mol. The van der Waals surface area contributed by atoms with Gasteiger partial charge in [-0.25, -0.2) is 0 Å². The Morgan fingerprint density at radius 2 is 1.67 bits per heavy atom. The highest BCUT2D eigenvalue weighted by Crippen LogP contribution is 2.35. The molecule has 1 radical (unpaired) electrons. The molecule has 0 saturated heterocycles. The third-order valence-corrected chi connectivity index (χ3v) is 2.98.